The van der Waals surface area contributed by atoms with Gasteiger partial charge < -0.3 is 4.74 Å². The van der Waals surface area contributed by atoms with Crippen LogP contribution in [0.3, 0.4) is 0 Å². The summed E-state index contributed by atoms with van der Waals surface area (Å²) in [7, 11) is -1.44. The van der Waals surface area contributed by atoms with Gasteiger partial charge in [-0.1, -0.05) is 0 Å². The van der Waals surface area contributed by atoms with Crippen LogP contribution in [0.5, 0.6) is 0 Å². The molecule has 0 spiro atoms. The van der Waals surface area contributed by atoms with Crippen LogP contribution in [0.2, 0.25) is 0 Å². The third-order valence-electron chi connectivity index (χ3n) is 2.89. The number of ether oxygens (including phenoxy) is 1. The van der Waals surface area contributed by atoms with Crippen molar-refractivity contribution in [3.05, 3.63) is 0 Å². The fraction of sp³-hybridized carbons (Fsp3) is 0.900. The molecule has 1 aliphatic heterocycles. The zero-order chi connectivity index (χ0) is 12.1. The second-order valence-corrected chi connectivity index (χ2v) is 7.42. The second kappa shape index (κ2) is 3.88. The van der Waals surface area contributed by atoms with Crippen LogP contribution in [0.4, 0.5) is 4.79 Å². The van der Waals surface area contributed by atoms with Crippen molar-refractivity contribution in [2.24, 2.45) is 5.92 Å². The molecule has 0 radical (unpaired) electrons. The summed E-state index contributed by atoms with van der Waals surface area (Å²) in [6, 6.07) is 0.0122. The molecule has 2 fully saturated rings. The Morgan fingerprint density at radius 2 is 2.06 bits per heavy atom. The normalized spacial score (nSPS) is 37.9. The molecular weight excluding hydrogens is 250 g/mol. The maximum atomic E-state index is 11.9. The summed E-state index contributed by atoms with van der Waals surface area (Å²) >= 11 is 6.02. The standard InChI is InChI=1S/C10H16ClNO3S/c1-10(2,3)15-9(13)12-7-5-4-6(7)8(11)16(12)14/h6-8H,4-5H2,1-3H3/t6-,7+,8-,16?/m0/s1. The molecule has 1 saturated carbocycles. The van der Waals surface area contributed by atoms with Crippen molar-refractivity contribution in [3.63, 3.8) is 0 Å². The highest BCUT2D eigenvalue weighted by molar-refractivity contribution is 7.85. The average molecular weight is 266 g/mol. The zero-order valence-electron chi connectivity index (χ0n) is 9.60. The van der Waals surface area contributed by atoms with Gasteiger partial charge >= 0.3 is 6.09 Å². The van der Waals surface area contributed by atoms with Crippen LogP contribution in [0.25, 0.3) is 0 Å². The van der Waals surface area contributed by atoms with E-state index in [1.165, 1.54) is 4.31 Å². The molecular formula is C10H16ClNO3S. The van der Waals surface area contributed by atoms with Crippen LogP contribution in [0, 0.1) is 5.92 Å². The Balaban J connectivity index is 2.10. The van der Waals surface area contributed by atoms with Gasteiger partial charge in [0.25, 0.3) is 0 Å². The van der Waals surface area contributed by atoms with Gasteiger partial charge in [0.2, 0.25) is 0 Å². The van der Waals surface area contributed by atoms with Gasteiger partial charge in [-0.3, -0.25) is 0 Å². The molecule has 4 atom stereocenters. The first-order valence-corrected chi connectivity index (χ1v) is 6.99. The van der Waals surface area contributed by atoms with E-state index in [2.05, 4.69) is 0 Å². The highest BCUT2D eigenvalue weighted by Gasteiger charge is 2.54. The largest absolute Gasteiger partial charge is 0.443 e. The van der Waals surface area contributed by atoms with Gasteiger partial charge in [0.1, 0.15) is 21.3 Å². The summed E-state index contributed by atoms with van der Waals surface area (Å²) < 4.78 is 18.0. The quantitative estimate of drug-likeness (QED) is 0.631. The van der Waals surface area contributed by atoms with E-state index in [0.29, 0.717) is 0 Å². The summed E-state index contributed by atoms with van der Waals surface area (Å²) in [6.45, 7) is 5.38. The van der Waals surface area contributed by atoms with Crippen molar-refractivity contribution in [1.82, 2.24) is 4.31 Å². The van der Waals surface area contributed by atoms with Gasteiger partial charge in [0, 0.05) is 5.92 Å². The molecule has 2 rings (SSSR count). The molecule has 0 N–H and O–H groups in total. The van der Waals surface area contributed by atoms with Gasteiger partial charge in [-0.05, 0) is 33.6 Å². The third kappa shape index (κ3) is 1.95. The predicted octanol–water partition coefficient (Wildman–Crippen LogP) is 2.24. The van der Waals surface area contributed by atoms with E-state index in [1.807, 2.05) is 0 Å². The molecule has 4 nitrogen and oxygen atoms in total. The Morgan fingerprint density at radius 1 is 1.44 bits per heavy atom. The van der Waals surface area contributed by atoms with Crippen LogP contribution in [0.15, 0.2) is 0 Å². The SMILES string of the molecule is CC(C)(C)OC(=O)N1[C@@H]2CC[C@@H]2[C@@H](Cl)S1=O. The van der Waals surface area contributed by atoms with E-state index in [9.17, 15) is 9.00 Å². The fourth-order valence-corrected chi connectivity index (χ4v) is 4.11. The molecule has 1 saturated heterocycles. The van der Waals surface area contributed by atoms with Crippen LogP contribution < -0.4 is 0 Å². The number of nitrogens with zero attached hydrogens (tertiary/aromatic N) is 1. The second-order valence-electron chi connectivity index (χ2n) is 5.24. The number of halogens is 1. The van der Waals surface area contributed by atoms with Crippen molar-refractivity contribution in [2.75, 3.05) is 0 Å². The molecule has 2 aliphatic rings. The number of carbonyl (C=O) groups excluding carboxylic acids is 1. The predicted molar refractivity (Wildman–Crippen MR) is 62.4 cm³/mol. The number of hydrogen-bond acceptors (Lipinski definition) is 3. The van der Waals surface area contributed by atoms with E-state index in [0.717, 1.165) is 12.8 Å². The van der Waals surface area contributed by atoms with Crippen molar-refractivity contribution < 1.29 is 13.7 Å². The summed E-state index contributed by atoms with van der Waals surface area (Å²) in [4.78, 5) is 11.9. The molecule has 1 aliphatic carbocycles. The highest BCUT2D eigenvalue weighted by atomic mass is 35.5. The lowest BCUT2D eigenvalue weighted by Gasteiger charge is -2.34. The van der Waals surface area contributed by atoms with E-state index in [-0.39, 0.29) is 12.0 Å². The molecule has 1 amide bonds. The minimum atomic E-state index is -1.44. The van der Waals surface area contributed by atoms with Gasteiger partial charge in [0.05, 0.1) is 6.04 Å². The van der Waals surface area contributed by atoms with Crippen molar-refractivity contribution in [2.45, 2.75) is 50.0 Å². The Labute approximate surface area is 103 Å². The Kier molecular flexibility index (Phi) is 2.95. The summed E-state index contributed by atoms with van der Waals surface area (Å²) in [5.74, 6) is 0.176. The zero-order valence-corrected chi connectivity index (χ0v) is 11.2. The van der Waals surface area contributed by atoms with E-state index < -0.39 is 27.4 Å². The maximum Gasteiger partial charge on any atom is 0.422 e. The van der Waals surface area contributed by atoms with Crippen molar-refractivity contribution in [1.29, 1.82) is 0 Å². The summed E-state index contributed by atoms with van der Waals surface area (Å²) in [5, 5.41) is 0. The minimum Gasteiger partial charge on any atom is -0.443 e. The van der Waals surface area contributed by atoms with Gasteiger partial charge in [-0.25, -0.2) is 13.3 Å². The van der Waals surface area contributed by atoms with E-state index in [1.54, 1.807) is 20.8 Å². The Morgan fingerprint density at radius 3 is 2.44 bits per heavy atom. The topological polar surface area (TPSA) is 46.6 Å². The monoisotopic (exact) mass is 265 g/mol. The maximum absolute atomic E-state index is 11.9. The van der Waals surface area contributed by atoms with Gasteiger partial charge in [0.15, 0.2) is 0 Å². The fourth-order valence-electron chi connectivity index (χ4n) is 2.01. The number of hydrogen-bond donors (Lipinski definition) is 0. The number of alkyl halides is 1. The summed E-state index contributed by atoms with van der Waals surface area (Å²) in [6.07, 6.45) is 1.31. The molecule has 0 aromatic heterocycles. The molecule has 0 aromatic carbocycles. The molecule has 0 aromatic rings. The van der Waals surface area contributed by atoms with E-state index >= 15 is 0 Å². The molecule has 0 bridgehead atoms. The molecule has 1 unspecified atom stereocenters. The highest BCUT2D eigenvalue weighted by Crippen LogP contribution is 2.46. The minimum absolute atomic E-state index is 0.0122. The number of fused-ring (bicyclic) bond motifs is 1. The Bertz CT molecular complexity index is 341. The molecule has 1 heterocycles. The molecule has 16 heavy (non-hydrogen) atoms. The van der Waals surface area contributed by atoms with Crippen LogP contribution >= 0.6 is 11.6 Å². The number of carbonyl (C=O) groups is 1. The van der Waals surface area contributed by atoms with Gasteiger partial charge in [-0.2, -0.15) is 0 Å². The molecule has 6 heteroatoms. The summed E-state index contributed by atoms with van der Waals surface area (Å²) in [5.41, 5.74) is -0.565. The van der Waals surface area contributed by atoms with Crippen molar-refractivity contribution >= 4 is 28.7 Å². The third-order valence-corrected chi connectivity index (χ3v) is 5.21. The number of rotatable bonds is 0. The first-order chi connectivity index (χ1) is 7.31. The lowest BCUT2D eigenvalue weighted by atomic mass is 9.81. The average Bonchev–Trinajstić information content (AvgIpc) is 2.21. The first-order valence-electron chi connectivity index (χ1n) is 5.38. The molecule has 92 valence electrons. The number of amides is 1. The first kappa shape index (κ1) is 12.2. The van der Waals surface area contributed by atoms with Crippen LogP contribution in [0.1, 0.15) is 33.6 Å². The van der Waals surface area contributed by atoms with Crippen molar-refractivity contribution in [3.8, 4) is 0 Å². The van der Waals surface area contributed by atoms with E-state index in [4.69, 9.17) is 16.3 Å². The van der Waals surface area contributed by atoms with Crippen LogP contribution in [-0.2, 0) is 15.7 Å². The lowest BCUT2D eigenvalue weighted by Crippen LogP contribution is -2.45. The smallest absolute Gasteiger partial charge is 0.422 e. The van der Waals surface area contributed by atoms with Gasteiger partial charge in [-0.15, -0.1) is 11.6 Å². The lowest BCUT2D eigenvalue weighted by molar-refractivity contribution is 0.0266. The van der Waals surface area contributed by atoms with Crippen LogP contribution in [-0.4, -0.2) is 31.0 Å². The Hall–Kier alpha value is -0.290.